The minimum absolute atomic E-state index is 0.0294. The van der Waals surface area contributed by atoms with E-state index in [0.29, 0.717) is 17.6 Å². The van der Waals surface area contributed by atoms with Crippen molar-refractivity contribution in [3.63, 3.8) is 0 Å². The van der Waals surface area contributed by atoms with Crippen LogP contribution in [-0.2, 0) is 11.3 Å². The highest BCUT2D eigenvalue weighted by Crippen LogP contribution is 2.40. The monoisotopic (exact) mass is 320 g/mol. The zero-order chi connectivity index (χ0) is 15.1. The average Bonchev–Trinajstić information content (AvgIpc) is 3.18. The Balaban J connectivity index is 1.39. The summed E-state index contributed by atoms with van der Waals surface area (Å²) in [5.74, 6) is 1.91. The van der Waals surface area contributed by atoms with Crippen molar-refractivity contribution in [1.29, 1.82) is 0 Å². The van der Waals surface area contributed by atoms with Gasteiger partial charge in [-0.1, -0.05) is 5.16 Å². The van der Waals surface area contributed by atoms with E-state index in [2.05, 4.69) is 25.4 Å². The van der Waals surface area contributed by atoms with Gasteiger partial charge in [-0.3, -0.25) is 4.90 Å². The highest BCUT2D eigenvalue weighted by molar-refractivity contribution is 7.09. The topological polar surface area (TPSA) is 64.3 Å². The minimum atomic E-state index is -0.0294. The Labute approximate surface area is 133 Å². The Morgan fingerprint density at radius 1 is 1.36 bits per heavy atom. The van der Waals surface area contributed by atoms with E-state index in [-0.39, 0.29) is 12.2 Å². The molecule has 0 aromatic carbocycles. The third kappa shape index (κ3) is 2.80. The first-order valence-corrected chi connectivity index (χ1v) is 8.64. The number of thiazole rings is 1. The van der Waals surface area contributed by atoms with Crippen molar-refractivity contribution in [2.24, 2.45) is 5.92 Å². The number of hydrogen-bond acceptors (Lipinski definition) is 7. The molecule has 0 saturated carbocycles. The standard InChI is InChI=1S/C15H20N4O2S/c1-9-8-22-14(16-9)7-19-4-3-11-5-12(20-13(11)6-19)15-17-10(2)18-21-15/h8,11-13H,3-7H2,1-2H3/t11-,12+,13+/m1/s1. The molecule has 2 fully saturated rings. The molecule has 3 atom stereocenters. The second-order valence-electron chi connectivity index (χ2n) is 6.25. The quantitative estimate of drug-likeness (QED) is 0.866. The molecule has 4 rings (SSSR count). The summed E-state index contributed by atoms with van der Waals surface area (Å²) in [7, 11) is 0. The van der Waals surface area contributed by atoms with Crippen LogP contribution in [0, 0.1) is 19.8 Å². The molecule has 0 radical (unpaired) electrons. The first-order valence-electron chi connectivity index (χ1n) is 7.76. The van der Waals surface area contributed by atoms with Crippen molar-refractivity contribution in [2.75, 3.05) is 13.1 Å². The predicted octanol–water partition coefficient (Wildman–Crippen LogP) is 2.50. The largest absolute Gasteiger partial charge is 0.364 e. The second kappa shape index (κ2) is 5.72. The van der Waals surface area contributed by atoms with E-state index < -0.39 is 0 Å². The van der Waals surface area contributed by atoms with Crippen molar-refractivity contribution < 1.29 is 9.26 Å². The summed E-state index contributed by atoms with van der Waals surface area (Å²) < 4.78 is 11.5. The Morgan fingerprint density at radius 3 is 3.00 bits per heavy atom. The van der Waals surface area contributed by atoms with Crippen LogP contribution in [0.4, 0.5) is 0 Å². The number of fused-ring (bicyclic) bond motifs is 1. The number of nitrogens with zero attached hydrogens (tertiary/aromatic N) is 4. The number of likely N-dealkylation sites (tertiary alicyclic amines) is 1. The van der Waals surface area contributed by atoms with Crippen LogP contribution in [-0.4, -0.2) is 39.2 Å². The first kappa shape index (κ1) is 14.3. The van der Waals surface area contributed by atoms with Gasteiger partial charge in [0.2, 0.25) is 0 Å². The highest BCUT2D eigenvalue weighted by Gasteiger charge is 2.41. The number of hydrogen-bond donors (Lipinski definition) is 0. The van der Waals surface area contributed by atoms with Gasteiger partial charge in [-0.15, -0.1) is 11.3 Å². The molecule has 4 heterocycles. The summed E-state index contributed by atoms with van der Waals surface area (Å²) in [5.41, 5.74) is 1.11. The highest BCUT2D eigenvalue weighted by atomic mass is 32.1. The Kier molecular flexibility index (Phi) is 3.71. The van der Waals surface area contributed by atoms with Gasteiger partial charge in [0, 0.05) is 17.6 Å². The molecule has 6 nitrogen and oxygen atoms in total. The summed E-state index contributed by atoms with van der Waals surface area (Å²) >= 11 is 1.74. The van der Waals surface area contributed by atoms with Crippen molar-refractivity contribution in [3.8, 4) is 0 Å². The van der Waals surface area contributed by atoms with Gasteiger partial charge in [-0.05, 0) is 39.2 Å². The molecule has 2 aromatic heterocycles. The molecule has 0 bridgehead atoms. The fourth-order valence-electron chi connectivity index (χ4n) is 3.41. The maximum atomic E-state index is 6.18. The van der Waals surface area contributed by atoms with Crippen molar-refractivity contribution in [1.82, 2.24) is 20.0 Å². The molecular formula is C15H20N4O2S. The first-order chi connectivity index (χ1) is 10.7. The van der Waals surface area contributed by atoms with Crippen LogP contribution in [0.3, 0.4) is 0 Å². The van der Waals surface area contributed by atoms with Gasteiger partial charge < -0.3 is 9.26 Å². The van der Waals surface area contributed by atoms with Crippen LogP contribution in [0.15, 0.2) is 9.90 Å². The lowest BCUT2D eigenvalue weighted by Gasteiger charge is -2.33. The number of aryl methyl sites for hydroxylation is 2. The maximum absolute atomic E-state index is 6.18. The summed E-state index contributed by atoms with van der Waals surface area (Å²) in [6.45, 7) is 6.89. The smallest absolute Gasteiger partial charge is 0.255 e. The van der Waals surface area contributed by atoms with Crippen molar-refractivity contribution in [3.05, 3.63) is 27.8 Å². The van der Waals surface area contributed by atoms with Crippen LogP contribution >= 0.6 is 11.3 Å². The van der Waals surface area contributed by atoms with E-state index in [9.17, 15) is 0 Å². The summed E-state index contributed by atoms with van der Waals surface area (Å²) in [6, 6.07) is 0. The van der Waals surface area contributed by atoms with Gasteiger partial charge in [-0.2, -0.15) is 4.98 Å². The average molecular weight is 320 g/mol. The number of piperidine rings is 1. The second-order valence-corrected chi connectivity index (χ2v) is 7.19. The van der Waals surface area contributed by atoms with Gasteiger partial charge >= 0.3 is 0 Å². The molecule has 2 aliphatic heterocycles. The SMILES string of the molecule is Cc1csc(CN2CC[C@@H]3C[C@@H](c4nc(C)no4)O[C@H]3C2)n1. The van der Waals surface area contributed by atoms with E-state index in [1.807, 2.05) is 13.8 Å². The van der Waals surface area contributed by atoms with Gasteiger partial charge in [-0.25, -0.2) is 4.98 Å². The molecule has 118 valence electrons. The van der Waals surface area contributed by atoms with E-state index in [4.69, 9.17) is 9.26 Å². The number of ether oxygens (including phenoxy) is 1. The Hall–Kier alpha value is -1.31. The molecule has 7 heteroatoms. The fourth-order valence-corrected chi connectivity index (χ4v) is 4.22. The van der Waals surface area contributed by atoms with Gasteiger partial charge in [0.15, 0.2) is 5.82 Å². The zero-order valence-corrected chi connectivity index (χ0v) is 13.7. The van der Waals surface area contributed by atoms with Gasteiger partial charge in [0.1, 0.15) is 11.1 Å². The summed E-state index contributed by atoms with van der Waals surface area (Å²) in [4.78, 5) is 11.3. The van der Waals surface area contributed by atoms with Crippen LogP contribution in [0.1, 0.15) is 41.4 Å². The van der Waals surface area contributed by atoms with Crippen molar-refractivity contribution >= 4 is 11.3 Å². The van der Waals surface area contributed by atoms with Crippen LogP contribution in [0.25, 0.3) is 0 Å². The minimum Gasteiger partial charge on any atom is -0.364 e. The van der Waals surface area contributed by atoms with Crippen LogP contribution in [0.5, 0.6) is 0 Å². The number of rotatable bonds is 3. The molecular weight excluding hydrogens is 300 g/mol. The van der Waals surface area contributed by atoms with Gasteiger partial charge in [0.25, 0.3) is 5.89 Å². The van der Waals surface area contributed by atoms with Crippen LogP contribution in [0.2, 0.25) is 0 Å². The number of aromatic nitrogens is 3. The third-order valence-electron chi connectivity index (χ3n) is 4.48. The molecule has 0 spiro atoms. The van der Waals surface area contributed by atoms with E-state index in [0.717, 1.165) is 31.7 Å². The Bertz CT molecular complexity index is 656. The molecule has 0 N–H and O–H groups in total. The molecule has 22 heavy (non-hydrogen) atoms. The van der Waals surface area contributed by atoms with E-state index in [1.54, 1.807) is 11.3 Å². The summed E-state index contributed by atoms with van der Waals surface area (Å²) in [6.07, 6.45) is 2.40. The molecule has 2 aliphatic rings. The summed E-state index contributed by atoms with van der Waals surface area (Å²) in [5, 5.41) is 7.17. The normalized spacial score (nSPS) is 28.9. The maximum Gasteiger partial charge on any atom is 0.255 e. The molecule has 2 aromatic rings. The third-order valence-corrected chi connectivity index (χ3v) is 5.43. The Morgan fingerprint density at radius 2 is 2.27 bits per heavy atom. The van der Waals surface area contributed by atoms with E-state index >= 15 is 0 Å². The lowest BCUT2D eigenvalue weighted by molar-refractivity contribution is -0.0190. The van der Waals surface area contributed by atoms with Crippen molar-refractivity contribution in [2.45, 2.75) is 45.4 Å². The molecule has 0 amide bonds. The lowest BCUT2D eigenvalue weighted by Crippen LogP contribution is -2.41. The van der Waals surface area contributed by atoms with Gasteiger partial charge in [0.05, 0.1) is 12.6 Å². The molecule has 0 unspecified atom stereocenters. The molecule has 2 saturated heterocycles. The lowest BCUT2D eigenvalue weighted by atomic mass is 9.92. The van der Waals surface area contributed by atoms with E-state index in [1.165, 1.54) is 11.4 Å². The molecule has 0 aliphatic carbocycles. The zero-order valence-electron chi connectivity index (χ0n) is 12.9. The van der Waals surface area contributed by atoms with Crippen LogP contribution < -0.4 is 0 Å². The fraction of sp³-hybridized carbons (Fsp3) is 0.667. The predicted molar refractivity (Wildman–Crippen MR) is 81.5 cm³/mol.